The monoisotopic (exact) mass is 224 g/mol. The van der Waals surface area contributed by atoms with Crippen LogP contribution in [0.15, 0.2) is 18.2 Å². The summed E-state index contributed by atoms with van der Waals surface area (Å²) in [6.07, 6.45) is -0.695. The Bertz CT molecular complexity index is 364. The second-order valence-corrected chi connectivity index (χ2v) is 3.96. The maximum atomic E-state index is 10.1. The lowest BCUT2D eigenvalue weighted by atomic mass is 10.0. The zero-order valence-electron chi connectivity index (χ0n) is 8.85. The third kappa shape index (κ3) is 2.27. The van der Waals surface area contributed by atoms with Crippen molar-refractivity contribution in [3.05, 3.63) is 23.8 Å². The summed E-state index contributed by atoms with van der Waals surface area (Å²) >= 11 is 0. The highest BCUT2D eigenvalue weighted by Crippen LogP contribution is 2.28. The van der Waals surface area contributed by atoms with Crippen LogP contribution >= 0.6 is 0 Å². The van der Waals surface area contributed by atoms with Crippen molar-refractivity contribution in [3.63, 3.8) is 0 Å². The number of phenolic OH excluding ortho intramolecular Hbond substituents is 2. The molecule has 1 aromatic carbocycles. The van der Waals surface area contributed by atoms with Crippen LogP contribution in [0.1, 0.15) is 11.7 Å². The van der Waals surface area contributed by atoms with Crippen LogP contribution in [0.2, 0.25) is 0 Å². The average molecular weight is 224 g/mol. The van der Waals surface area contributed by atoms with Crippen LogP contribution in [-0.4, -0.2) is 41.0 Å². The van der Waals surface area contributed by atoms with E-state index < -0.39 is 6.10 Å². The zero-order valence-corrected chi connectivity index (χ0v) is 8.85. The summed E-state index contributed by atoms with van der Waals surface area (Å²) in [4.78, 5) is 0. The summed E-state index contributed by atoms with van der Waals surface area (Å²) < 4.78 is 0. The lowest BCUT2D eigenvalue weighted by Gasteiger charge is -2.29. The molecular formula is C11H16N2O3. The van der Waals surface area contributed by atoms with Crippen molar-refractivity contribution >= 4 is 0 Å². The lowest BCUT2D eigenvalue weighted by Crippen LogP contribution is -2.51. The summed E-state index contributed by atoms with van der Waals surface area (Å²) in [5, 5.41) is 35.0. The molecule has 2 atom stereocenters. The molecule has 5 N–H and O–H groups in total. The maximum Gasteiger partial charge on any atom is 0.157 e. The van der Waals surface area contributed by atoms with Gasteiger partial charge in [0, 0.05) is 25.7 Å². The highest BCUT2D eigenvalue weighted by atomic mass is 16.3. The molecule has 0 unspecified atom stereocenters. The van der Waals surface area contributed by atoms with Crippen LogP contribution in [0, 0.1) is 0 Å². The van der Waals surface area contributed by atoms with Gasteiger partial charge in [-0.25, -0.2) is 0 Å². The Kier molecular flexibility index (Phi) is 3.28. The number of aliphatic hydroxyl groups is 1. The first-order valence-corrected chi connectivity index (χ1v) is 5.32. The van der Waals surface area contributed by atoms with Crippen molar-refractivity contribution in [1.29, 1.82) is 0 Å². The molecule has 0 saturated carbocycles. The fraction of sp³-hybridized carbons (Fsp3) is 0.455. The van der Waals surface area contributed by atoms with E-state index in [1.54, 1.807) is 6.07 Å². The van der Waals surface area contributed by atoms with Gasteiger partial charge in [0.15, 0.2) is 11.5 Å². The molecule has 0 bridgehead atoms. The largest absolute Gasteiger partial charge is 0.504 e. The van der Waals surface area contributed by atoms with Gasteiger partial charge in [0.05, 0.1) is 6.10 Å². The molecule has 88 valence electrons. The number of aliphatic hydroxyl groups excluding tert-OH is 1. The predicted molar refractivity (Wildman–Crippen MR) is 59.4 cm³/mol. The molecular weight excluding hydrogens is 208 g/mol. The van der Waals surface area contributed by atoms with Gasteiger partial charge in [-0.05, 0) is 17.7 Å². The number of aromatic hydroxyl groups is 2. The molecule has 0 amide bonds. The molecule has 1 heterocycles. The van der Waals surface area contributed by atoms with E-state index in [0.29, 0.717) is 12.1 Å². The van der Waals surface area contributed by atoms with Gasteiger partial charge in [0.1, 0.15) is 0 Å². The van der Waals surface area contributed by atoms with Gasteiger partial charge in [0.2, 0.25) is 0 Å². The Labute approximate surface area is 93.7 Å². The van der Waals surface area contributed by atoms with Crippen molar-refractivity contribution in [2.24, 2.45) is 0 Å². The van der Waals surface area contributed by atoms with Gasteiger partial charge in [-0.3, -0.25) is 0 Å². The summed E-state index contributed by atoms with van der Waals surface area (Å²) in [5.74, 6) is -0.383. The minimum absolute atomic E-state index is 0.0716. The number of benzene rings is 1. The number of hydrogen-bond acceptors (Lipinski definition) is 5. The van der Waals surface area contributed by atoms with Crippen molar-refractivity contribution in [1.82, 2.24) is 10.6 Å². The molecule has 5 nitrogen and oxygen atoms in total. The minimum atomic E-state index is -0.695. The van der Waals surface area contributed by atoms with Gasteiger partial charge >= 0.3 is 0 Å². The van der Waals surface area contributed by atoms with Gasteiger partial charge in [0.25, 0.3) is 0 Å². The Morgan fingerprint density at radius 1 is 1.19 bits per heavy atom. The zero-order chi connectivity index (χ0) is 11.5. The summed E-state index contributed by atoms with van der Waals surface area (Å²) in [6, 6.07) is 4.30. The molecule has 16 heavy (non-hydrogen) atoms. The van der Waals surface area contributed by atoms with Crippen molar-refractivity contribution in [2.75, 3.05) is 19.6 Å². The second kappa shape index (κ2) is 4.69. The molecule has 1 aromatic rings. The minimum Gasteiger partial charge on any atom is -0.504 e. The van der Waals surface area contributed by atoms with Gasteiger partial charge in [-0.1, -0.05) is 6.07 Å². The van der Waals surface area contributed by atoms with Crippen LogP contribution < -0.4 is 10.6 Å². The summed E-state index contributed by atoms with van der Waals surface area (Å²) in [5.41, 5.74) is 0.594. The van der Waals surface area contributed by atoms with Crippen molar-refractivity contribution in [2.45, 2.75) is 12.1 Å². The number of piperazine rings is 1. The van der Waals surface area contributed by atoms with E-state index in [4.69, 9.17) is 0 Å². The first kappa shape index (κ1) is 11.2. The molecule has 0 aromatic heterocycles. The van der Waals surface area contributed by atoms with E-state index in [0.717, 1.165) is 13.1 Å². The lowest BCUT2D eigenvalue weighted by molar-refractivity contribution is 0.119. The average Bonchev–Trinajstić information content (AvgIpc) is 2.33. The fourth-order valence-electron chi connectivity index (χ4n) is 1.86. The van der Waals surface area contributed by atoms with Crippen LogP contribution in [0.5, 0.6) is 11.5 Å². The first-order chi connectivity index (χ1) is 7.68. The fourth-order valence-corrected chi connectivity index (χ4v) is 1.86. The van der Waals surface area contributed by atoms with E-state index >= 15 is 0 Å². The van der Waals surface area contributed by atoms with Crippen LogP contribution in [-0.2, 0) is 0 Å². The molecule has 1 saturated heterocycles. The summed E-state index contributed by atoms with van der Waals surface area (Å²) in [6.45, 7) is 2.39. The number of nitrogens with one attached hydrogen (secondary N) is 2. The summed E-state index contributed by atoms with van der Waals surface area (Å²) in [7, 11) is 0. The third-order valence-electron chi connectivity index (χ3n) is 2.79. The molecule has 0 aliphatic carbocycles. The molecule has 0 radical (unpaired) electrons. The SMILES string of the molecule is Oc1ccc([C@@H](O)[C@H]2CNCCN2)cc1O. The normalized spacial score (nSPS) is 22.9. The van der Waals surface area contributed by atoms with Gasteiger partial charge in [-0.2, -0.15) is 0 Å². The molecule has 1 aliphatic rings. The third-order valence-corrected chi connectivity index (χ3v) is 2.79. The molecule has 5 heteroatoms. The van der Waals surface area contributed by atoms with Crippen LogP contribution in [0.25, 0.3) is 0 Å². The van der Waals surface area contributed by atoms with Crippen LogP contribution in [0.4, 0.5) is 0 Å². The molecule has 1 aliphatic heterocycles. The molecule has 1 fully saturated rings. The maximum absolute atomic E-state index is 10.1. The Morgan fingerprint density at radius 3 is 2.62 bits per heavy atom. The highest BCUT2D eigenvalue weighted by Gasteiger charge is 2.22. The number of rotatable bonds is 2. The number of hydrogen-bond donors (Lipinski definition) is 5. The van der Waals surface area contributed by atoms with E-state index in [-0.39, 0.29) is 17.5 Å². The number of phenols is 2. The van der Waals surface area contributed by atoms with Crippen molar-refractivity contribution < 1.29 is 15.3 Å². The predicted octanol–water partition coefficient (Wildman–Crippen LogP) is -0.307. The molecule has 0 spiro atoms. The van der Waals surface area contributed by atoms with E-state index in [1.807, 2.05) is 0 Å². The van der Waals surface area contributed by atoms with Gasteiger partial charge < -0.3 is 26.0 Å². The first-order valence-electron chi connectivity index (χ1n) is 5.32. The highest BCUT2D eigenvalue weighted by molar-refractivity contribution is 5.41. The van der Waals surface area contributed by atoms with E-state index in [9.17, 15) is 15.3 Å². The second-order valence-electron chi connectivity index (χ2n) is 3.96. The standard InChI is InChI=1S/C11H16N2O3/c14-9-2-1-7(5-10(9)15)11(16)8-6-12-3-4-13-8/h1-2,5,8,11-16H,3-4,6H2/t8-,11-/m1/s1. The topological polar surface area (TPSA) is 84.8 Å². The Hall–Kier alpha value is -1.30. The van der Waals surface area contributed by atoms with Crippen LogP contribution in [0.3, 0.4) is 0 Å². The van der Waals surface area contributed by atoms with E-state index in [2.05, 4.69) is 10.6 Å². The van der Waals surface area contributed by atoms with Crippen molar-refractivity contribution in [3.8, 4) is 11.5 Å². The molecule has 2 rings (SSSR count). The van der Waals surface area contributed by atoms with Gasteiger partial charge in [-0.15, -0.1) is 0 Å². The smallest absolute Gasteiger partial charge is 0.157 e. The Morgan fingerprint density at radius 2 is 2.00 bits per heavy atom. The quantitative estimate of drug-likeness (QED) is 0.445. The van der Waals surface area contributed by atoms with E-state index in [1.165, 1.54) is 12.1 Å². The Balaban J connectivity index is 2.12.